The van der Waals surface area contributed by atoms with Crippen LogP contribution in [-0.2, 0) is 4.79 Å². The molecule has 0 saturated carbocycles. The van der Waals surface area contributed by atoms with Crippen molar-refractivity contribution in [2.75, 3.05) is 44.6 Å². The van der Waals surface area contributed by atoms with Gasteiger partial charge in [-0.25, -0.2) is 0 Å². The van der Waals surface area contributed by atoms with Gasteiger partial charge in [-0.3, -0.25) is 14.6 Å². The van der Waals surface area contributed by atoms with Crippen molar-refractivity contribution in [1.29, 1.82) is 0 Å². The van der Waals surface area contributed by atoms with Gasteiger partial charge in [0.05, 0.1) is 28.4 Å². The Bertz CT molecular complexity index is 520. The lowest BCUT2D eigenvalue weighted by Crippen LogP contribution is -2.53. The largest absolute Gasteiger partial charge is 0.395 e. The molecular formula is C15H21Cl2N3O2. The molecule has 1 saturated heterocycles. The lowest BCUT2D eigenvalue weighted by Gasteiger charge is -2.37. The van der Waals surface area contributed by atoms with Crippen LogP contribution >= 0.6 is 23.2 Å². The molecule has 0 aromatic heterocycles. The van der Waals surface area contributed by atoms with Crippen molar-refractivity contribution in [3.8, 4) is 0 Å². The standard InChI is InChI=1S/C15H21Cl2N3O2/c1-11(20-7-5-19(6-8-20)9-10-21)15(22)18-13-4-2-3-12(16)14(13)17/h2-4,11,21H,5-10H2,1H3,(H,18,22). The van der Waals surface area contributed by atoms with Crippen molar-refractivity contribution in [3.05, 3.63) is 28.2 Å². The number of rotatable bonds is 5. The molecule has 122 valence electrons. The van der Waals surface area contributed by atoms with E-state index in [-0.39, 0.29) is 18.6 Å². The number of hydrogen-bond acceptors (Lipinski definition) is 4. The molecule has 7 heteroatoms. The van der Waals surface area contributed by atoms with E-state index >= 15 is 0 Å². The van der Waals surface area contributed by atoms with E-state index in [0.717, 1.165) is 26.2 Å². The van der Waals surface area contributed by atoms with Crippen molar-refractivity contribution in [1.82, 2.24) is 9.80 Å². The van der Waals surface area contributed by atoms with Gasteiger partial charge in [-0.2, -0.15) is 0 Å². The highest BCUT2D eigenvalue weighted by Gasteiger charge is 2.25. The Hall–Kier alpha value is -0.850. The summed E-state index contributed by atoms with van der Waals surface area (Å²) in [5.41, 5.74) is 0.532. The first-order chi connectivity index (χ1) is 10.5. The van der Waals surface area contributed by atoms with Crippen LogP contribution in [0.3, 0.4) is 0 Å². The second-order valence-electron chi connectivity index (χ2n) is 5.37. The fourth-order valence-corrected chi connectivity index (χ4v) is 2.87. The number of amides is 1. The number of aliphatic hydroxyl groups is 1. The van der Waals surface area contributed by atoms with Gasteiger partial charge in [0, 0.05) is 32.7 Å². The van der Waals surface area contributed by atoms with Gasteiger partial charge < -0.3 is 10.4 Å². The number of nitrogens with one attached hydrogen (secondary N) is 1. The van der Waals surface area contributed by atoms with E-state index in [1.807, 2.05) is 6.92 Å². The highest BCUT2D eigenvalue weighted by Crippen LogP contribution is 2.29. The predicted molar refractivity (Wildman–Crippen MR) is 89.7 cm³/mol. The van der Waals surface area contributed by atoms with Crippen molar-refractivity contribution >= 4 is 34.8 Å². The van der Waals surface area contributed by atoms with Crippen molar-refractivity contribution in [2.24, 2.45) is 0 Å². The van der Waals surface area contributed by atoms with Crippen LogP contribution in [-0.4, -0.2) is 66.2 Å². The molecule has 2 N–H and O–H groups in total. The zero-order valence-corrected chi connectivity index (χ0v) is 14.1. The molecule has 1 unspecified atom stereocenters. The first-order valence-corrected chi connectivity index (χ1v) is 8.10. The predicted octanol–water partition coefficient (Wildman–Crippen LogP) is 1.93. The molecule has 1 heterocycles. The van der Waals surface area contributed by atoms with E-state index in [1.165, 1.54) is 0 Å². The quantitative estimate of drug-likeness (QED) is 0.856. The number of halogens is 2. The highest BCUT2D eigenvalue weighted by atomic mass is 35.5. The van der Waals surface area contributed by atoms with E-state index in [4.69, 9.17) is 28.3 Å². The summed E-state index contributed by atoms with van der Waals surface area (Å²) in [6.45, 7) is 6.06. The molecular weight excluding hydrogens is 325 g/mol. The Labute approximate surface area is 140 Å². The second kappa shape index (κ2) is 8.13. The van der Waals surface area contributed by atoms with Crippen LogP contribution in [0.1, 0.15) is 6.92 Å². The van der Waals surface area contributed by atoms with Gasteiger partial charge >= 0.3 is 0 Å². The Morgan fingerprint density at radius 3 is 2.64 bits per heavy atom. The summed E-state index contributed by atoms with van der Waals surface area (Å²) in [6.07, 6.45) is 0. The molecule has 2 rings (SSSR count). The lowest BCUT2D eigenvalue weighted by molar-refractivity contribution is -0.121. The molecule has 1 atom stereocenters. The van der Waals surface area contributed by atoms with Crippen LogP contribution in [0.25, 0.3) is 0 Å². The molecule has 0 spiro atoms. The topological polar surface area (TPSA) is 55.8 Å². The molecule has 5 nitrogen and oxygen atoms in total. The van der Waals surface area contributed by atoms with Crippen LogP contribution in [0.5, 0.6) is 0 Å². The lowest BCUT2D eigenvalue weighted by atomic mass is 10.2. The summed E-state index contributed by atoms with van der Waals surface area (Å²) in [5, 5.41) is 12.6. The maximum atomic E-state index is 12.4. The Morgan fingerprint density at radius 1 is 1.32 bits per heavy atom. The first kappa shape index (κ1) is 17.5. The minimum atomic E-state index is -0.244. The van der Waals surface area contributed by atoms with Crippen molar-refractivity contribution in [3.63, 3.8) is 0 Å². The number of nitrogens with zero attached hydrogens (tertiary/aromatic N) is 2. The van der Waals surface area contributed by atoms with Gasteiger partial charge in [-0.1, -0.05) is 29.3 Å². The Balaban J connectivity index is 1.91. The van der Waals surface area contributed by atoms with Gasteiger partial charge in [0.25, 0.3) is 0 Å². The molecule has 22 heavy (non-hydrogen) atoms. The summed E-state index contributed by atoms with van der Waals surface area (Å²) < 4.78 is 0. The summed E-state index contributed by atoms with van der Waals surface area (Å²) in [6, 6.07) is 4.93. The number of anilines is 1. The summed E-state index contributed by atoms with van der Waals surface area (Å²) in [5.74, 6) is -0.0974. The number of piperazine rings is 1. The maximum Gasteiger partial charge on any atom is 0.241 e. The molecule has 0 radical (unpaired) electrons. The fraction of sp³-hybridized carbons (Fsp3) is 0.533. The van der Waals surface area contributed by atoms with Crippen LogP contribution in [0.15, 0.2) is 18.2 Å². The average molecular weight is 346 g/mol. The van der Waals surface area contributed by atoms with E-state index in [9.17, 15) is 4.79 Å². The Morgan fingerprint density at radius 2 is 2.00 bits per heavy atom. The van der Waals surface area contributed by atoms with Crippen LogP contribution in [0.2, 0.25) is 10.0 Å². The van der Waals surface area contributed by atoms with Gasteiger partial charge in [0.1, 0.15) is 0 Å². The highest BCUT2D eigenvalue weighted by molar-refractivity contribution is 6.44. The molecule has 1 aliphatic heterocycles. The zero-order chi connectivity index (χ0) is 16.1. The average Bonchev–Trinajstić information content (AvgIpc) is 2.52. The molecule has 1 aromatic carbocycles. The summed E-state index contributed by atoms with van der Waals surface area (Å²) >= 11 is 12.0. The van der Waals surface area contributed by atoms with E-state index in [0.29, 0.717) is 22.3 Å². The van der Waals surface area contributed by atoms with Crippen molar-refractivity contribution < 1.29 is 9.90 Å². The van der Waals surface area contributed by atoms with Gasteiger partial charge in [0.15, 0.2) is 0 Å². The normalized spacial score (nSPS) is 18.2. The second-order valence-corrected chi connectivity index (χ2v) is 6.15. The summed E-state index contributed by atoms with van der Waals surface area (Å²) in [7, 11) is 0. The maximum absolute atomic E-state index is 12.4. The van der Waals surface area contributed by atoms with Gasteiger partial charge in [-0.05, 0) is 19.1 Å². The number of carbonyl (C=O) groups excluding carboxylic acids is 1. The molecule has 0 bridgehead atoms. The number of hydrogen-bond donors (Lipinski definition) is 2. The molecule has 1 amide bonds. The van der Waals surface area contributed by atoms with Crippen LogP contribution < -0.4 is 5.32 Å². The number of carbonyl (C=O) groups is 1. The summed E-state index contributed by atoms with van der Waals surface area (Å²) in [4.78, 5) is 16.7. The number of aliphatic hydroxyl groups excluding tert-OH is 1. The smallest absolute Gasteiger partial charge is 0.241 e. The minimum Gasteiger partial charge on any atom is -0.395 e. The zero-order valence-electron chi connectivity index (χ0n) is 12.6. The van der Waals surface area contributed by atoms with Gasteiger partial charge in [-0.15, -0.1) is 0 Å². The van der Waals surface area contributed by atoms with E-state index < -0.39 is 0 Å². The third-order valence-electron chi connectivity index (χ3n) is 3.96. The SMILES string of the molecule is CC(C(=O)Nc1cccc(Cl)c1Cl)N1CCN(CCO)CC1. The van der Waals surface area contributed by atoms with Crippen LogP contribution in [0, 0.1) is 0 Å². The number of β-amino-alcohol motifs (C(OH)–C–C–N with tert-alkyl or cyclic N) is 1. The van der Waals surface area contributed by atoms with E-state index in [1.54, 1.807) is 18.2 Å². The first-order valence-electron chi connectivity index (χ1n) is 7.35. The van der Waals surface area contributed by atoms with Gasteiger partial charge in [0.2, 0.25) is 5.91 Å². The Kier molecular flexibility index (Phi) is 6.47. The number of benzene rings is 1. The van der Waals surface area contributed by atoms with E-state index in [2.05, 4.69) is 15.1 Å². The third kappa shape index (κ3) is 4.33. The monoisotopic (exact) mass is 345 g/mol. The molecule has 0 aliphatic carbocycles. The fourth-order valence-electron chi connectivity index (χ4n) is 2.52. The molecule has 1 aromatic rings. The third-order valence-corrected chi connectivity index (χ3v) is 4.78. The van der Waals surface area contributed by atoms with Crippen LogP contribution in [0.4, 0.5) is 5.69 Å². The van der Waals surface area contributed by atoms with Crippen molar-refractivity contribution in [2.45, 2.75) is 13.0 Å². The minimum absolute atomic E-state index is 0.0974. The molecule has 1 fully saturated rings. The molecule has 1 aliphatic rings.